The first-order chi connectivity index (χ1) is 9.79. The van der Waals surface area contributed by atoms with E-state index in [9.17, 15) is 4.79 Å². The van der Waals surface area contributed by atoms with Crippen LogP contribution >= 0.6 is 0 Å². The maximum Gasteiger partial charge on any atom is 0.354 e. The first-order valence-electron chi connectivity index (χ1n) is 6.68. The van der Waals surface area contributed by atoms with Gasteiger partial charge in [0.1, 0.15) is 5.69 Å². The second kappa shape index (κ2) is 4.00. The van der Waals surface area contributed by atoms with Crippen molar-refractivity contribution < 1.29 is 9.53 Å². The number of carbonyl (C=O) groups is 1. The van der Waals surface area contributed by atoms with Crippen LogP contribution in [0.5, 0.6) is 0 Å². The number of rotatable bonds is 1. The number of methoxy groups -OCH3 is 1. The fourth-order valence-electron chi connectivity index (χ4n) is 2.92. The molecule has 0 spiro atoms. The summed E-state index contributed by atoms with van der Waals surface area (Å²) in [6.07, 6.45) is 5.00. The molecule has 2 aliphatic rings. The quantitative estimate of drug-likeness (QED) is 0.779. The van der Waals surface area contributed by atoms with Gasteiger partial charge in [-0.25, -0.2) is 4.79 Å². The largest absolute Gasteiger partial charge is 0.464 e. The van der Waals surface area contributed by atoms with Gasteiger partial charge in [0.25, 0.3) is 0 Å². The van der Waals surface area contributed by atoms with Gasteiger partial charge in [-0.15, -0.1) is 0 Å². The molecule has 0 bridgehead atoms. The van der Waals surface area contributed by atoms with E-state index in [1.807, 2.05) is 12.1 Å². The Labute approximate surface area is 116 Å². The zero-order valence-electron chi connectivity index (χ0n) is 11.1. The third kappa shape index (κ3) is 1.51. The van der Waals surface area contributed by atoms with Gasteiger partial charge < -0.3 is 15.0 Å². The third-order valence-electron chi connectivity index (χ3n) is 3.89. The highest BCUT2D eigenvalue weighted by atomic mass is 16.5. The molecular formula is C16H14N2O2. The molecule has 4 rings (SSSR count). The molecule has 2 N–H and O–H groups in total. The number of allylic oxidation sites excluding steroid dienone is 3. The highest BCUT2D eigenvalue weighted by molar-refractivity contribution is 6.04. The molecule has 100 valence electrons. The van der Waals surface area contributed by atoms with Gasteiger partial charge >= 0.3 is 5.97 Å². The van der Waals surface area contributed by atoms with Gasteiger partial charge in [-0.2, -0.15) is 0 Å². The van der Waals surface area contributed by atoms with Crippen molar-refractivity contribution in [1.82, 2.24) is 10.3 Å². The summed E-state index contributed by atoms with van der Waals surface area (Å²) < 4.78 is 4.88. The van der Waals surface area contributed by atoms with Crippen molar-refractivity contribution in [1.29, 1.82) is 0 Å². The molecule has 4 heteroatoms. The number of esters is 1. The Kier molecular flexibility index (Phi) is 2.27. The molecular weight excluding hydrogens is 252 g/mol. The Morgan fingerprint density at radius 1 is 1.30 bits per heavy atom. The molecule has 0 amide bonds. The highest BCUT2D eigenvalue weighted by Gasteiger charge is 2.25. The topological polar surface area (TPSA) is 54.1 Å². The Morgan fingerprint density at radius 3 is 2.90 bits per heavy atom. The van der Waals surface area contributed by atoms with Crippen LogP contribution in [0, 0.1) is 0 Å². The summed E-state index contributed by atoms with van der Waals surface area (Å²) in [7, 11) is 1.41. The van der Waals surface area contributed by atoms with Crippen molar-refractivity contribution in [2.45, 2.75) is 6.42 Å². The van der Waals surface area contributed by atoms with Gasteiger partial charge in [0.15, 0.2) is 0 Å². The first kappa shape index (κ1) is 11.3. The number of hydrogen-bond donors (Lipinski definition) is 2. The first-order valence-corrected chi connectivity index (χ1v) is 6.68. The summed E-state index contributed by atoms with van der Waals surface area (Å²) in [5.41, 5.74) is 6.16. The molecule has 0 saturated carbocycles. The maximum absolute atomic E-state index is 11.9. The van der Waals surface area contributed by atoms with E-state index >= 15 is 0 Å². The van der Waals surface area contributed by atoms with Gasteiger partial charge in [-0.1, -0.05) is 24.3 Å². The molecule has 0 atom stereocenters. The van der Waals surface area contributed by atoms with E-state index in [2.05, 4.69) is 28.5 Å². The van der Waals surface area contributed by atoms with Crippen molar-refractivity contribution in [3.05, 3.63) is 52.7 Å². The molecule has 0 radical (unpaired) electrons. The lowest BCUT2D eigenvalue weighted by atomic mass is 10.0. The minimum atomic E-state index is -0.303. The van der Waals surface area contributed by atoms with Crippen molar-refractivity contribution in [2.75, 3.05) is 13.7 Å². The van der Waals surface area contributed by atoms with Crippen molar-refractivity contribution >= 4 is 22.6 Å². The van der Waals surface area contributed by atoms with Crippen molar-refractivity contribution in [3.8, 4) is 0 Å². The molecule has 0 unspecified atom stereocenters. The Bertz CT molecular complexity index is 788. The van der Waals surface area contributed by atoms with Crippen molar-refractivity contribution in [3.63, 3.8) is 0 Å². The Morgan fingerprint density at radius 2 is 2.15 bits per heavy atom. The number of aromatic nitrogens is 1. The van der Waals surface area contributed by atoms with Crippen LogP contribution in [0.1, 0.15) is 21.6 Å². The standard InChI is InChI=1S/C16H14N2O2/c1-20-16(19)15-11-7-8-17-14(9-5-6-9)10-3-2-4-12(18-15)13(10)11/h2-6,17-18H,7-8H2,1H3. The van der Waals surface area contributed by atoms with Crippen LogP contribution in [0.15, 0.2) is 35.9 Å². The SMILES string of the molecule is COC(=O)c1[nH]c2cccc3c2c1CCNC3=C1C=C1. The van der Waals surface area contributed by atoms with Crippen LogP contribution in [0.25, 0.3) is 16.6 Å². The number of hydrogen-bond acceptors (Lipinski definition) is 3. The minimum absolute atomic E-state index is 0.303. The van der Waals surface area contributed by atoms with E-state index in [1.165, 1.54) is 12.7 Å². The fraction of sp³-hybridized carbons (Fsp3) is 0.188. The smallest absolute Gasteiger partial charge is 0.354 e. The monoisotopic (exact) mass is 266 g/mol. The summed E-state index contributed by atoms with van der Waals surface area (Å²) in [4.78, 5) is 15.1. The van der Waals surface area contributed by atoms with Gasteiger partial charge in [-0.3, -0.25) is 0 Å². The second-order valence-electron chi connectivity index (χ2n) is 5.04. The molecule has 0 saturated heterocycles. The van der Waals surface area contributed by atoms with Crippen LogP contribution < -0.4 is 5.32 Å². The lowest BCUT2D eigenvalue weighted by Gasteiger charge is -2.08. The predicted octanol–water partition coefficient (Wildman–Crippen LogP) is 2.38. The highest BCUT2D eigenvalue weighted by Crippen LogP contribution is 2.35. The Balaban J connectivity index is 2.04. The van der Waals surface area contributed by atoms with Crippen LogP contribution in [-0.4, -0.2) is 24.6 Å². The number of benzene rings is 1. The molecule has 20 heavy (non-hydrogen) atoms. The van der Waals surface area contributed by atoms with Crippen LogP contribution in [0.4, 0.5) is 0 Å². The van der Waals surface area contributed by atoms with Gasteiger partial charge in [0, 0.05) is 28.7 Å². The number of nitrogens with one attached hydrogen (secondary N) is 2. The van der Waals surface area contributed by atoms with Crippen LogP contribution in [0.2, 0.25) is 0 Å². The lowest BCUT2D eigenvalue weighted by Crippen LogP contribution is -2.15. The molecule has 2 aromatic rings. The summed E-state index contributed by atoms with van der Waals surface area (Å²) >= 11 is 0. The van der Waals surface area contributed by atoms with Gasteiger partial charge in [0.2, 0.25) is 0 Å². The minimum Gasteiger partial charge on any atom is -0.464 e. The Hall–Kier alpha value is -2.49. The van der Waals surface area contributed by atoms with E-state index in [1.54, 1.807) is 0 Å². The molecule has 1 aromatic carbocycles. The number of H-pyrrole nitrogens is 1. The molecule has 1 aromatic heterocycles. The van der Waals surface area contributed by atoms with E-state index in [0.29, 0.717) is 5.69 Å². The number of ether oxygens (including phenoxy) is 1. The van der Waals surface area contributed by atoms with Gasteiger partial charge in [0.05, 0.1) is 7.11 Å². The van der Waals surface area contributed by atoms with E-state index in [-0.39, 0.29) is 5.97 Å². The summed E-state index contributed by atoms with van der Waals surface area (Å²) in [5, 5.41) is 4.61. The van der Waals surface area contributed by atoms with E-state index in [0.717, 1.165) is 40.7 Å². The zero-order chi connectivity index (χ0) is 13.7. The fourth-order valence-corrected chi connectivity index (χ4v) is 2.92. The summed E-state index contributed by atoms with van der Waals surface area (Å²) in [6.45, 7) is 0.812. The average molecular weight is 266 g/mol. The molecule has 1 aliphatic carbocycles. The predicted molar refractivity (Wildman–Crippen MR) is 77.4 cm³/mol. The maximum atomic E-state index is 11.9. The second-order valence-corrected chi connectivity index (χ2v) is 5.04. The third-order valence-corrected chi connectivity index (χ3v) is 3.89. The van der Waals surface area contributed by atoms with Crippen LogP contribution in [0.3, 0.4) is 0 Å². The summed E-state index contributed by atoms with van der Waals surface area (Å²) in [6, 6.07) is 6.11. The van der Waals surface area contributed by atoms with E-state index in [4.69, 9.17) is 4.74 Å². The molecule has 1 aliphatic heterocycles. The normalized spacial score (nSPS) is 16.1. The molecule has 4 nitrogen and oxygen atoms in total. The van der Waals surface area contributed by atoms with E-state index < -0.39 is 0 Å². The number of carbonyl (C=O) groups excluding carboxylic acids is 1. The molecule has 0 fully saturated rings. The zero-order valence-corrected chi connectivity index (χ0v) is 11.1. The van der Waals surface area contributed by atoms with Crippen LogP contribution in [-0.2, 0) is 11.2 Å². The van der Waals surface area contributed by atoms with Gasteiger partial charge in [-0.05, 0) is 23.6 Å². The lowest BCUT2D eigenvalue weighted by molar-refractivity contribution is 0.0594. The average Bonchev–Trinajstić information content (AvgIpc) is 3.25. The molecule has 2 heterocycles. The summed E-state index contributed by atoms with van der Waals surface area (Å²) in [5.74, 6) is -0.303. The van der Waals surface area contributed by atoms with Crippen molar-refractivity contribution in [2.24, 2.45) is 0 Å². The number of aromatic amines is 1.